The number of ether oxygens (including phenoxy) is 1. The molecule has 1 aliphatic heterocycles. The second kappa shape index (κ2) is 7.81. The standard InChI is InChI=1S/C19H18N4O4S/c24-18(13-27-15-4-2-1-3-5-15)21-8-10-22(11-9-21)19-20-16-7-6-14(23(25)26)12-17(16)28-19/h1-7,12H,8-11,13H2. The Bertz CT molecular complexity index is 1000. The van der Waals surface area contributed by atoms with Gasteiger partial charge in [-0.05, 0) is 18.2 Å². The van der Waals surface area contributed by atoms with Gasteiger partial charge in [0.1, 0.15) is 5.75 Å². The lowest BCUT2D eigenvalue weighted by Gasteiger charge is -2.34. The Hall–Kier alpha value is -3.20. The first-order chi connectivity index (χ1) is 13.6. The summed E-state index contributed by atoms with van der Waals surface area (Å²) in [6.45, 7) is 2.53. The molecule has 1 saturated heterocycles. The first-order valence-corrected chi connectivity index (χ1v) is 9.67. The summed E-state index contributed by atoms with van der Waals surface area (Å²) in [6, 6.07) is 14.0. The quantitative estimate of drug-likeness (QED) is 0.485. The van der Waals surface area contributed by atoms with Gasteiger partial charge in [-0.2, -0.15) is 0 Å². The van der Waals surface area contributed by atoms with Gasteiger partial charge < -0.3 is 14.5 Å². The van der Waals surface area contributed by atoms with Crippen molar-refractivity contribution in [3.8, 4) is 5.75 Å². The van der Waals surface area contributed by atoms with E-state index in [2.05, 4.69) is 9.88 Å². The van der Waals surface area contributed by atoms with E-state index in [1.165, 1.54) is 17.4 Å². The Morgan fingerprint density at radius 1 is 1.14 bits per heavy atom. The number of anilines is 1. The van der Waals surface area contributed by atoms with Gasteiger partial charge in [-0.15, -0.1) is 0 Å². The number of fused-ring (bicyclic) bond motifs is 1. The molecule has 8 nitrogen and oxygen atoms in total. The molecule has 3 aromatic rings. The van der Waals surface area contributed by atoms with Crippen LogP contribution in [-0.4, -0.2) is 53.5 Å². The number of piperazine rings is 1. The number of nitrogens with zero attached hydrogens (tertiary/aromatic N) is 4. The number of carbonyl (C=O) groups is 1. The maximum Gasteiger partial charge on any atom is 0.270 e. The lowest BCUT2D eigenvalue weighted by atomic mass is 10.3. The fraction of sp³-hybridized carbons (Fsp3) is 0.263. The van der Waals surface area contributed by atoms with Crippen LogP contribution >= 0.6 is 11.3 Å². The van der Waals surface area contributed by atoms with Crippen molar-refractivity contribution < 1.29 is 14.5 Å². The zero-order chi connectivity index (χ0) is 19.5. The molecule has 0 saturated carbocycles. The van der Waals surface area contributed by atoms with Gasteiger partial charge in [-0.1, -0.05) is 29.5 Å². The van der Waals surface area contributed by atoms with Crippen molar-refractivity contribution in [1.82, 2.24) is 9.88 Å². The Morgan fingerprint density at radius 3 is 2.61 bits per heavy atom. The molecular weight excluding hydrogens is 380 g/mol. The molecule has 1 aliphatic rings. The Labute approximate surface area is 165 Å². The monoisotopic (exact) mass is 398 g/mol. The van der Waals surface area contributed by atoms with Crippen molar-refractivity contribution in [1.29, 1.82) is 0 Å². The number of hydrogen-bond acceptors (Lipinski definition) is 7. The fourth-order valence-corrected chi connectivity index (χ4v) is 4.10. The molecule has 0 bridgehead atoms. The van der Waals surface area contributed by atoms with Gasteiger partial charge in [0, 0.05) is 38.3 Å². The van der Waals surface area contributed by atoms with Gasteiger partial charge in [0.25, 0.3) is 11.6 Å². The number of rotatable bonds is 5. The van der Waals surface area contributed by atoms with Gasteiger partial charge in [0.2, 0.25) is 0 Å². The molecule has 1 fully saturated rings. The van der Waals surface area contributed by atoms with Crippen LogP contribution in [0.25, 0.3) is 10.2 Å². The van der Waals surface area contributed by atoms with Crippen LogP contribution < -0.4 is 9.64 Å². The molecule has 0 aliphatic carbocycles. The molecule has 0 atom stereocenters. The summed E-state index contributed by atoms with van der Waals surface area (Å²) in [5.41, 5.74) is 0.817. The lowest BCUT2D eigenvalue weighted by Crippen LogP contribution is -2.50. The zero-order valence-corrected chi connectivity index (χ0v) is 15.8. The second-order valence-electron chi connectivity index (χ2n) is 6.38. The number of carbonyl (C=O) groups excluding carboxylic acids is 1. The Kier molecular flexibility index (Phi) is 5.07. The van der Waals surface area contributed by atoms with Gasteiger partial charge in [0.15, 0.2) is 11.7 Å². The van der Waals surface area contributed by atoms with Gasteiger partial charge in [-0.25, -0.2) is 4.98 Å². The molecule has 2 heterocycles. The summed E-state index contributed by atoms with van der Waals surface area (Å²) in [6.07, 6.45) is 0. The number of hydrogen-bond donors (Lipinski definition) is 0. The predicted octanol–water partition coefficient (Wildman–Crippen LogP) is 2.93. The zero-order valence-electron chi connectivity index (χ0n) is 15.0. The largest absolute Gasteiger partial charge is 0.484 e. The van der Waals surface area contributed by atoms with Crippen LogP contribution in [0.1, 0.15) is 0 Å². The van der Waals surface area contributed by atoms with Crippen molar-refractivity contribution in [3.05, 3.63) is 58.6 Å². The van der Waals surface area contributed by atoms with Crippen LogP contribution in [0.3, 0.4) is 0 Å². The van der Waals surface area contributed by atoms with Crippen molar-refractivity contribution in [3.63, 3.8) is 0 Å². The summed E-state index contributed by atoms with van der Waals surface area (Å²) in [7, 11) is 0. The molecule has 0 unspecified atom stereocenters. The number of thiazole rings is 1. The molecule has 2 aromatic carbocycles. The molecule has 0 N–H and O–H groups in total. The predicted molar refractivity (Wildman–Crippen MR) is 107 cm³/mol. The molecular formula is C19H18N4O4S. The molecule has 144 valence electrons. The van der Waals surface area contributed by atoms with Crippen LogP contribution in [0, 0.1) is 10.1 Å². The van der Waals surface area contributed by atoms with Crippen LogP contribution in [0.4, 0.5) is 10.8 Å². The van der Waals surface area contributed by atoms with E-state index in [9.17, 15) is 14.9 Å². The van der Waals surface area contributed by atoms with E-state index >= 15 is 0 Å². The summed E-state index contributed by atoms with van der Waals surface area (Å²) in [4.78, 5) is 31.4. The first-order valence-electron chi connectivity index (χ1n) is 8.86. The van der Waals surface area contributed by atoms with E-state index in [4.69, 9.17) is 4.74 Å². The highest BCUT2D eigenvalue weighted by atomic mass is 32.1. The third-order valence-corrected chi connectivity index (χ3v) is 5.66. The highest BCUT2D eigenvalue weighted by Gasteiger charge is 2.23. The minimum atomic E-state index is -0.402. The third-order valence-electron chi connectivity index (χ3n) is 4.58. The molecule has 28 heavy (non-hydrogen) atoms. The number of aromatic nitrogens is 1. The first kappa shape index (κ1) is 18.2. The van der Waals surface area contributed by atoms with Gasteiger partial charge in [0.05, 0.1) is 15.1 Å². The Balaban J connectivity index is 1.35. The highest BCUT2D eigenvalue weighted by molar-refractivity contribution is 7.22. The number of para-hydroxylation sites is 1. The maximum atomic E-state index is 12.4. The van der Waals surface area contributed by atoms with E-state index in [0.717, 1.165) is 15.3 Å². The van der Waals surface area contributed by atoms with Crippen LogP contribution in [0.15, 0.2) is 48.5 Å². The van der Waals surface area contributed by atoms with Crippen LogP contribution in [0.2, 0.25) is 0 Å². The fourth-order valence-electron chi connectivity index (χ4n) is 3.05. The molecule has 4 rings (SSSR count). The SMILES string of the molecule is O=C(COc1ccccc1)N1CCN(c2nc3ccc([N+](=O)[O-])cc3s2)CC1. The van der Waals surface area contributed by atoms with Crippen LogP contribution in [0.5, 0.6) is 5.75 Å². The average Bonchev–Trinajstić information content (AvgIpc) is 3.16. The minimum absolute atomic E-state index is 0.0226. The summed E-state index contributed by atoms with van der Waals surface area (Å²) in [5, 5.41) is 11.8. The molecule has 1 amide bonds. The number of amides is 1. The topological polar surface area (TPSA) is 88.8 Å². The number of benzene rings is 2. The van der Waals surface area contributed by atoms with Gasteiger partial charge >= 0.3 is 0 Å². The molecule has 9 heteroatoms. The summed E-state index contributed by atoms with van der Waals surface area (Å²) in [5.74, 6) is 0.640. The van der Waals surface area contributed by atoms with Crippen molar-refractivity contribution in [2.75, 3.05) is 37.7 Å². The maximum absolute atomic E-state index is 12.4. The van der Waals surface area contributed by atoms with E-state index in [1.807, 2.05) is 30.3 Å². The molecule has 0 spiro atoms. The second-order valence-corrected chi connectivity index (χ2v) is 7.38. The highest BCUT2D eigenvalue weighted by Crippen LogP contribution is 2.31. The minimum Gasteiger partial charge on any atom is -0.484 e. The van der Waals surface area contributed by atoms with E-state index < -0.39 is 4.92 Å². The van der Waals surface area contributed by atoms with Crippen molar-refractivity contribution >= 4 is 38.3 Å². The van der Waals surface area contributed by atoms with Crippen molar-refractivity contribution in [2.24, 2.45) is 0 Å². The third kappa shape index (κ3) is 3.89. The summed E-state index contributed by atoms with van der Waals surface area (Å²) < 4.78 is 6.32. The molecule has 1 aromatic heterocycles. The summed E-state index contributed by atoms with van der Waals surface area (Å²) >= 11 is 1.43. The number of nitro benzene ring substituents is 1. The average molecular weight is 398 g/mol. The Morgan fingerprint density at radius 2 is 1.89 bits per heavy atom. The van der Waals surface area contributed by atoms with E-state index in [-0.39, 0.29) is 18.2 Å². The van der Waals surface area contributed by atoms with E-state index in [0.29, 0.717) is 31.9 Å². The normalized spacial score (nSPS) is 14.3. The number of nitro groups is 1. The smallest absolute Gasteiger partial charge is 0.270 e. The lowest BCUT2D eigenvalue weighted by molar-refractivity contribution is -0.384. The number of non-ortho nitro benzene ring substituents is 1. The van der Waals surface area contributed by atoms with Crippen molar-refractivity contribution in [2.45, 2.75) is 0 Å². The van der Waals surface area contributed by atoms with Gasteiger partial charge in [-0.3, -0.25) is 14.9 Å². The van der Waals surface area contributed by atoms with E-state index in [1.54, 1.807) is 17.0 Å². The van der Waals surface area contributed by atoms with Crippen LogP contribution in [-0.2, 0) is 4.79 Å². The molecule has 0 radical (unpaired) electrons.